The van der Waals surface area contributed by atoms with Crippen LogP contribution in [0.25, 0.3) is 0 Å². The van der Waals surface area contributed by atoms with Crippen molar-refractivity contribution in [3.05, 3.63) is 47.5 Å². The molecule has 0 aliphatic heterocycles. The second kappa shape index (κ2) is 9.45. The molecule has 0 spiro atoms. The lowest BCUT2D eigenvalue weighted by Gasteiger charge is -2.45. The van der Waals surface area contributed by atoms with Crippen LogP contribution in [0.15, 0.2) is 36.4 Å². The molecule has 2 aliphatic rings. The molecule has 0 bridgehead atoms. The Morgan fingerprint density at radius 3 is 2.55 bits per heavy atom. The summed E-state index contributed by atoms with van der Waals surface area (Å²) in [5.41, 5.74) is 1.23. The number of carboxylic acid groups (broad SMARTS) is 1. The fraction of sp³-hybridized carbons (Fsp3) is 0.565. The lowest BCUT2D eigenvalue weighted by Crippen LogP contribution is -2.40. The summed E-state index contributed by atoms with van der Waals surface area (Å²) in [4.78, 5) is 23.3. The molecule has 3 N–H and O–H groups in total. The molecule has 0 heterocycles. The van der Waals surface area contributed by atoms with Crippen molar-refractivity contribution in [1.82, 2.24) is 0 Å². The van der Waals surface area contributed by atoms with Gasteiger partial charge in [-0.15, -0.1) is 11.8 Å². The quantitative estimate of drug-likeness (QED) is 0.528. The summed E-state index contributed by atoms with van der Waals surface area (Å²) in [6.07, 6.45) is 7.80. The van der Waals surface area contributed by atoms with Gasteiger partial charge in [0.2, 0.25) is 0 Å². The summed E-state index contributed by atoms with van der Waals surface area (Å²) >= 11 is 1.49. The molecular formula is C23H30O5S. The van der Waals surface area contributed by atoms with Gasteiger partial charge >= 0.3 is 5.97 Å². The van der Waals surface area contributed by atoms with Crippen LogP contribution in [0.4, 0.5) is 0 Å². The predicted octanol–water partition coefficient (Wildman–Crippen LogP) is 3.82. The standard InChI is InChI=1S/C23H30O5S/c1-2-23(11-4-12-23)20(26)6-3-5-17-18(24)13-19(25)21(17)29-14-15-7-9-16(10-8-15)22(27)28/h3,5,7-10,17-18,20-21,24,26H,2,4,6,11-14H2,1H3,(H,27,28)/t17-,18?,20?,21?/m0/s1. The van der Waals surface area contributed by atoms with E-state index in [1.807, 2.05) is 12.2 Å². The van der Waals surface area contributed by atoms with E-state index >= 15 is 0 Å². The minimum atomic E-state index is -0.961. The number of aromatic carboxylic acids is 1. The van der Waals surface area contributed by atoms with Crippen molar-refractivity contribution >= 4 is 23.5 Å². The van der Waals surface area contributed by atoms with Crippen molar-refractivity contribution in [3.63, 3.8) is 0 Å². The Hall–Kier alpha value is -1.63. The van der Waals surface area contributed by atoms with Gasteiger partial charge in [0, 0.05) is 18.1 Å². The number of rotatable bonds is 9. The highest BCUT2D eigenvalue weighted by atomic mass is 32.2. The number of aliphatic hydroxyl groups is 2. The van der Waals surface area contributed by atoms with Gasteiger partial charge in [-0.05, 0) is 48.8 Å². The van der Waals surface area contributed by atoms with Gasteiger partial charge in [0.05, 0.1) is 23.0 Å². The Kier molecular flexibility index (Phi) is 7.19. The van der Waals surface area contributed by atoms with E-state index in [4.69, 9.17) is 5.11 Å². The highest BCUT2D eigenvalue weighted by Crippen LogP contribution is 2.47. The highest BCUT2D eigenvalue weighted by Gasteiger charge is 2.42. The highest BCUT2D eigenvalue weighted by molar-refractivity contribution is 7.99. The number of benzene rings is 1. The molecular weight excluding hydrogens is 388 g/mol. The van der Waals surface area contributed by atoms with Crippen molar-refractivity contribution in [1.29, 1.82) is 0 Å². The van der Waals surface area contributed by atoms with Crippen molar-refractivity contribution < 1.29 is 24.9 Å². The van der Waals surface area contributed by atoms with Crippen LogP contribution in [0, 0.1) is 11.3 Å². The predicted molar refractivity (Wildman–Crippen MR) is 114 cm³/mol. The van der Waals surface area contributed by atoms with Gasteiger partial charge in [-0.25, -0.2) is 4.79 Å². The molecule has 158 valence electrons. The Balaban J connectivity index is 1.58. The lowest BCUT2D eigenvalue weighted by molar-refractivity contribution is -0.117. The molecule has 5 nitrogen and oxygen atoms in total. The van der Waals surface area contributed by atoms with Crippen molar-refractivity contribution in [2.75, 3.05) is 0 Å². The zero-order valence-corrected chi connectivity index (χ0v) is 17.6. The van der Waals surface area contributed by atoms with Gasteiger partial charge in [-0.2, -0.15) is 0 Å². The van der Waals surface area contributed by atoms with E-state index in [1.54, 1.807) is 24.3 Å². The molecule has 0 radical (unpaired) electrons. The van der Waals surface area contributed by atoms with E-state index in [0.717, 1.165) is 24.8 Å². The minimum absolute atomic E-state index is 0.0453. The first-order valence-electron chi connectivity index (χ1n) is 10.4. The smallest absolute Gasteiger partial charge is 0.335 e. The third kappa shape index (κ3) is 4.93. The normalized spacial score (nSPS) is 27.1. The SMILES string of the molecule is CCC1(C(O)CC=C[C@H]2C(O)CC(=O)C2SCc2ccc(C(=O)O)cc2)CCC1. The second-order valence-electron chi connectivity index (χ2n) is 8.30. The zero-order valence-electron chi connectivity index (χ0n) is 16.8. The molecule has 1 aromatic carbocycles. The third-order valence-corrected chi connectivity index (χ3v) is 8.07. The number of hydrogen-bond acceptors (Lipinski definition) is 5. The topological polar surface area (TPSA) is 94.8 Å². The van der Waals surface area contributed by atoms with Crippen LogP contribution >= 0.6 is 11.8 Å². The van der Waals surface area contributed by atoms with Crippen LogP contribution in [-0.2, 0) is 10.5 Å². The summed E-state index contributed by atoms with van der Waals surface area (Å²) in [6, 6.07) is 6.64. The molecule has 2 aliphatic carbocycles. The fourth-order valence-electron chi connectivity index (χ4n) is 4.41. The molecule has 4 atom stereocenters. The van der Waals surface area contributed by atoms with Gasteiger partial charge in [-0.3, -0.25) is 4.79 Å². The molecule has 0 aromatic heterocycles. The van der Waals surface area contributed by atoms with E-state index in [9.17, 15) is 19.8 Å². The lowest BCUT2D eigenvalue weighted by atomic mass is 9.63. The molecule has 3 unspecified atom stereocenters. The van der Waals surface area contributed by atoms with Gasteiger partial charge in [0.25, 0.3) is 0 Å². The first kappa shape index (κ1) is 22.1. The fourth-order valence-corrected chi connectivity index (χ4v) is 5.75. The summed E-state index contributed by atoms with van der Waals surface area (Å²) in [6.45, 7) is 2.13. The number of carboxylic acids is 1. The summed E-state index contributed by atoms with van der Waals surface area (Å²) in [5, 5.41) is 29.6. The van der Waals surface area contributed by atoms with E-state index in [-0.39, 0.29) is 40.5 Å². The Morgan fingerprint density at radius 1 is 1.31 bits per heavy atom. The van der Waals surface area contributed by atoms with Crippen molar-refractivity contribution in [3.8, 4) is 0 Å². The van der Waals surface area contributed by atoms with E-state index in [2.05, 4.69) is 6.92 Å². The number of aliphatic hydroxyl groups excluding tert-OH is 2. The van der Waals surface area contributed by atoms with Crippen LogP contribution in [0.2, 0.25) is 0 Å². The maximum atomic E-state index is 12.4. The van der Waals surface area contributed by atoms with Gasteiger partial charge in [0.15, 0.2) is 0 Å². The second-order valence-corrected chi connectivity index (χ2v) is 9.43. The first-order chi connectivity index (χ1) is 13.9. The molecule has 29 heavy (non-hydrogen) atoms. The first-order valence-corrected chi connectivity index (χ1v) is 11.4. The van der Waals surface area contributed by atoms with Crippen molar-refractivity contribution in [2.24, 2.45) is 11.3 Å². The number of Topliss-reactive ketones (excluding diaryl/α,β-unsaturated/α-hetero) is 1. The monoisotopic (exact) mass is 418 g/mol. The summed E-state index contributed by atoms with van der Waals surface area (Å²) < 4.78 is 0. The van der Waals surface area contributed by atoms with Gasteiger partial charge in [0.1, 0.15) is 5.78 Å². The third-order valence-electron chi connectivity index (χ3n) is 6.63. The molecule has 0 saturated heterocycles. The molecule has 2 fully saturated rings. The van der Waals surface area contributed by atoms with Crippen LogP contribution in [-0.4, -0.2) is 44.5 Å². The number of hydrogen-bond donors (Lipinski definition) is 3. The Bertz CT molecular complexity index is 748. The molecule has 1 aromatic rings. The maximum Gasteiger partial charge on any atom is 0.335 e. The van der Waals surface area contributed by atoms with Crippen LogP contribution in [0.5, 0.6) is 0 Å². The summed E-state index contributed by atoms with van der Waals surface area (Å²) in [7, 11) is 0. The molecule has 0 amide bonds. The molecule has 2 saturated carbocycles. The van der Waals surface area contributed by atoms with Crippen molar-refractivity contribution in [2.45, 2.75) is 68.7 Å². The average Bonchev–Trinajstić information content (AvgIpc) is 2.93. The number of carbonyl (C=O) groups excluding carboxylic acids is 1. The summed E-state index contributed by atoms with van der Waals surface area (Å²) in [5.74, 6) is -0.590. The van der Waals surface area contributed by atoms with Gasteiger partial charge in [-0.1, -0.05) is 37.6 Å². The van der Waals surface area contributed by atoms with E-state index < -0.39 is 12.1 Å². The minimum Gasteiger partial charge on any atom is -0.478 e. The molecule has 3 rings (SSSR count). The largest absolute Gasteiger partial charge is 0.478 e. The van der Waals surface area contributed by atoms with Crippen LogP contribution < -0.4 is 0 Å². The van der Waals surface area contributed by atoms with Crippen LogP contribution in [0.3, 0.4) is 0 Å². The Morgan fingerprint density at radius 2 is 2.00 bits per heavy atom. The zero-order chi connectivity index (χ0) is 21.0. The average molecular weight is 419 g/mol. The van der Waals surface area contributed by atoms with Gasteiger partial charge < -0.3 is 15.3 Å². The molecule has 6 heteroatoms. The number of ketones is 1. The maximum absolute atomic E-state index is 12.4. The number of carbonyl (C=O) groups is 2. The number of thioether (sulfide) groups is 1. The van der Waals surface area contributed by atoms with E-state index in [0.29, 0.717) is 12.2 Å². The Labute approximate surface area is 176 Å². The van der Waals surface area contributed by atoms with E-state index in [1.165, 1.54) is 18.2 Å². The van der Waals surface area contributed by atoms with Crippen LogP contribution in [0.1, 0.15) is 61.4 Å².